The second-order valence-electron chi connectivity index (χ2n) is 7.64. The molecule has 4 rings (SSSR count). The molecule has 3 N–H and O–H groups in total. The number of hydrogen-bond donors (Lipinski definition) is 2. The van der Waals surface area contributed by atoms with Gasteiger partial charge >= 0.3 is 0 Å². The number of rotatable bonds is 5. The summed E-state index contributed by atoms with van der Waals surface area (Å²) in [6, 6.07) is 6.54. The molecule has 0 bridgehead atoms. The molecule has 1 aromatic carbocycles. The number of pyridine rings is 1. The van der Waals surface area contributed by atoms with Crippen molar-refractivity contribution in [1.82, 2.24) is 19.9 Å². The van der Waals surface area contributed by atoms with Crippen molar-refractivity contribution in [1.29, 1.82) is 0 Å². The summed E-state index contributed by atoms with van der Waals surface area (Å²) in [4.78, 5) is 14.3. The molecule has 28 heavy (non-hydrogen) atoms. The van der Waals surface area contributed by atoms with E-state index in [0.717, 1.165) is 49.7 Å². The van der Waals surface area contributed by atoms with Gasteiger partial charge in [-0.15, -0.1) is 0 Å². The van der Waals surface area contributed by atoms with Gasteiger partial charge in [-0.25, -0.2) is 13.8 Å². The summed E-state index contributed by atoms with van der Waals surface area (Å²) < 4.78 is 27.3. The molecule has 1 atom stereocenters. The van der Waals surface area contributed by atoms with Gasteiger partial charge in [0.25, 0.3) is 0 Å². The number of nitrogens with two attached hydrogens (primary N) is 1. The number of piperidine rings is 1. The maximum atomic E-state index is 13.9. The molecule has 1 aliphatic rings. The van der Waals surface area contributed by atoms with Crippen molar-refractivity contribution in [3.8, 4) is 11.4 Å². The van der Waals surface area contributed by atoms with Gasteiger partial charge in [-0.1, -0.05) is 0 Å². The molecule has 0 radical (unpaired) electrons. The van der Waals surface area contributed by atoms with Crippen molar-refractivity contribution >= 4 is 11.0 Å². The lowest BCUT2D eigenvalue weighted by Crippen LogP contribution is -2.33. The molecule has 1 aliphatic heterocycles. The first-order valence-corrected chi connectivity index (χ1v) is 9.75. The van der Waals surface area contributed by atoms with Gasteiger partial charge in [0, 0.05) is 23.4 Å². The number of nitrogens with zero attached hydrogens (tertiary/aromatic N) is 3. The SMILES string of the molecule is CN1CCC(C(CCN)c2ccc(-c3nc4c(F)c(F)ccc4[nH]3)cn2)CC1. The predicted octanol–water partition coefficient (Wildman–Crippen LogP) is 3.68. The number of H-pyrrole nitrogens is 1. The van der Waals surface area contributed by atoms with Crippen molar-refractivity contribution in [3.05, 3.63) is 47.8 Å². The van der Waals surface area contributed by atoms with Gasteiger partial charge in [0.1, 0.15) is 11.3 Å². The summed E-state index contributed by atoms with van der Waals surface area (Å²) in [7, 11) is 2.16. The fourth-order valence-corrected chi connectivity index (χ4v) is 4.15. The quantitative estimate of drug-likeness (QED) is 0.703. The highest BCUT2D eigenvalue weighted by molar-refractivity contribution is 5.79. The van der Waals surface area contributed by atoms with Crippen molar-refractivity contribution in [2.24, 2.45) is 11.7 Å². The summed E-state index contributed by atoms with van der Waals surface area (Å²) >= 11 is 0. The predicted molar refractivity (Wildman–Crippen MR) is 106 cm³/mol. The first-order valence-electron chi connectivity index (χ1n) is 9.75. The summed E-state index contributed by atoms with van der Waals surface area (Å²) in [6.07, 6.45) is 4.97. The van der Waals surface area contributed by atoms with Crippen LogP contribution in [0.25, 0.3) is 22.4 Å². The number of benzene rings is 1. The summed E-state index contributed by atoms with van der Waals surface area (Å²) in [5.74, 6) is -0.429. The molecule has 0 aliphatic carbocycles. The Balaban J connectivity index is 1.59. The van der Waals surface area contributed by atoms with Gasteiger partial charge in [-0.05, 0) is 76.1 Å². The summed E-state index contributed by atoms with van der Waals surface area (Å²) in [6.45, 7) is 2.84. The monoisotopic (exact) mass is 385 g/mol. The summed E-state index contributed by atoms with van der Waals surface area (Å²) in [5.41, 5.74) is 8.12. The van der Waals surface area contributed by atoms with Crippen LogP contribution in [0.5, 0.6) is 0 Å². The van der Waals surface area contributed by atoms with E-state index in [0.29, 0.717) is 29.7 Å². The molecule has 0 amide bonds. The van der Waals surface area contributed by atoms with E-state index in [9.17, 15) is 8.78 Å². The number of fused-ring (bicyclic) bond motifs is 1. The molecule has 1 unspecified atom stereocenters. The Morgan fingerprint density at radius 1 is 1.21 bits per heavy atom. The zero-order valence-corrected chi connectivity index (χ0v) is 16.0. The van der Waals surface area contributed by atoms with Crippen LogP contribution in [0.15, 0.2) is 30.5 Å². The number of hydrogen-bond acceptors (Lipinski definition) is 4. The number of aromatic nitrogens is 3. The van der Waals surface area contributed by atoms with Gasteiger partial charge in [-0.2, -0.15) is 0 Å². The fourth-order valence-electron chi connectivity index (χ4n) is 4.15. The molecule has 148 valence electrons. The third kappa shape index (κ3) is 3.64. The minimum Gasteiger partial charge on any atom is -0.338 e. The van der Waals surface area contributed by atoms with Crippen molar-refractivity contribution < 1.29 is 8.78 Å². The van der Waals surface area contributed by atoms with E-state index in [1.807, 2.05) is 12.1 Å². The Bertz CT molecular complexity index is 945. The first-order chi connectivity index (χ1) is 13.6. The lowest BCUT2D eigenvalue weighted by molar-refractivity contribution is 0.193. The topological polar surface area (TPSA) is 70.8 Å². The number of nitrogens with one attached hydrogen (secondary N) is 1. The van der Waals surface area contributed by atoms with E-state index in [1.165, 1.54) is 6.07 Å². The minimum atomic E-state index is -0.935. The van der Waals surface area contributed by atoms with Gasteiger partial charge < -0.3 is 15.6 Å². The molecule has 0 saturated carbocycles. The number of halogens is 2. The first kappa shape index (κ1) is 19.0. The second-order valence-corrected chi connectivity index (χ2v) is 7.64. The highest BCUT2D eigenvalue weighted by atomic mass is 19.2. The van der Waals surface area contributed by atoms with Crippen molar-refractivity contribution in [2.75, 3.05) is 26.7 Å². The Hall–Kier alpha value is -2.38. The van der Waals surface area contributed by atoms with Crippen LogP contribution in [0.2, 0.25) is 0 Å². The van der Waals surface area contributed by atoms with Crippen molar-refractivity contribution in [2.45, 2.75) is 25.2 Å². The lowest BCUT2D eigenvalue weighted by Gasteiger charge is -2.34. The maximum Gasteiger partial charge on any atom is 0.186 e. The Morgan fingerprint density at radius 2 is 2.00 bits per heavy atom. The van der Waals surface area contributed by atoms with Crippen LogP contribution >= 0.6 is 0 Å². The number of aromatic amines is 1. The zero-order chi connectivity index (χ0) is 19.7. The molecule has 1 fully saturated rings. The van der Waals surface area contributed by atoms with E-state index in [-0.39, 0.29) is 5.52 Å². The third-order valence-electron chi connectivity index (χ3n) is 5.80. The molecule has 5 nitrogen and oxygen atoms in total. The van der Waals surface area contributed by atoms with Crippen LogP contribution in [-0.2, 0) is 0 Å². The van der Waals surface area contributed by atoms with E-state index in [2.05, 4.69) is 26.9 Å². The van der Waals surface area contributed by atoms with Crippen LogP contribution < -0.4 is 5.73 Å². The molecule has 1 saturated heterocycles. The van der Waals surface area contributed by atoms with Crippen LogP contribution in [-0.4, -0.2) is 46.5 Å². The zero-order valence-electron chi connectivity index (χ0n) is 16.0. The number of imidazole rings is 1. The Labute approximate surface area is 163 Å². The average molecular weight is 385 g/mol. The van der Waals surface area contributed by atoms with Gasteiger partial charge in [-0.3, -0.25) is 4.98 Å². The van der Waals surface area contributed by atoms with Gasteiger partial charge in [0.05, 0.1) is 5.52 Å². The van der Waals surface area contributed by atoms with Crippen LogP contribution in [0.1, 0.15) is 30.9 Å². The standard InChI is InChI=1S/C21H25F2N5/c1-28-10-7-13(8-11-28)15(6-9-24)17-4-2-14(12-25-17)21-26-18-5-3-16(22)19(23)20(18)27-21/h2-5,12-13,15H,6-11,24H2,1H3,(H,26,27). The normalized spacial score (nSPS) is 17.3. The average Bonchev–Trinajstić information content (AvgIpc) is 3.15. The molecule has 0 spiro atoms. The molecular formula is C21H25F2N5. The van der Waals surface area contributed by atoms with Crippen LogP contribution in [0, 0.1) is 17.6 Å². The highest BCUT2D eigenvalue weighted by Crippen LogP contribution is 2.34. The second kappa shape index (κ2) is 7.93. The van der Waals surface area contributed by atoms with Crippen LogP contribution in [0.4, 0.5) is 8.78 Å². The van der Waals surface area contributed by atoms with Gasteiger partial charge in [0.2, 0.25) is 0 Å². The van der Waals surface area contributed by atoms with E-state index in [4.69, 9.17) is 5.73 Å². The Morgan fingerprint density at radius 3 is 2.68 bits per heavy atom. The minimum absolute atomic E-state index is 0.00594. The van der Waals surface area contributed by atoms with Gasteiger partial charge in [0.15, 0.2) is 11.6 Å². The largest absolute Gasteiger partial charge is 0.338 e. The molecular weight excluding hydrogens is 360 g/mol. The summed E-state index contributed by atoms with van der Waals surface area (Å²) in [5, 5.41) is 0. The molecule has 2 aromatic heterocycles. The lowest BCUT2D eigenvalue weighted by atomic mass is 9.80. The maximum absolute atomic E-state index is 13.9. The van der Waals surface area contributed by atoms with E-state index in [1.54, 1.807) is 6.20 Å². The van der Waals surface area contributed by atoms with Crippen molar-refractivity contribution in [3.63, 3.8) is 0 Å². The third-order valence-corrected chi connectivity index (χ3v) is 5.80. The highest BCUT2D eigenvalue weighted by Gasteiger charge is 2.27. The smallest absolute Gasteiger partial charge is 0.186 e. The molecule has 7 heteroatoms. The Kier molecular flexibility index (Phi) is 5.37. The van der Waals surface area contributed by atoms with E-state index >= 15 is 0 Å². The number of likely N-dealkylation sites (tertiary alicyclic amines) is 1. The van der Waals surface area contributed by atoms with E-state index < -0.39 is 11.6 Å². The molecule has 3 aromatic rings. The van der Waals surface area contributed by atoms with Crippen LogP contribution in [0.3, 0.4) is 0 Å². The molecule has 3 heterocycles. The fraction of sp³-hybridized carbons (Fsp3) is 0.429.